The van der Waals surface area contributed by atoms with Crippen molar-refractivity contribution in [2.45, 2.75) is 64.7 Å². The van der Waals surface area contributed by atoms with Gasteiger partial charge in [0, 0.05) is 42.7 Å². The summed E-state index contributed by atoms with van der Waals surface area (Å²) in [5.74, 6) is 1.63. The molecule has 0 bridgehead atoms. The maximum atomic E-state index is 11.8. The summed E-state index contributed by atoms with van der Waals surface area (Å²) in [6, 6.07) is 4.01. The SMILES string of the molecule is CCOCc1cc2c(Nc3cc(C4CCC(OC(=O)NC(C)C)C4)[nH]n3)nccn2n1. The van der Waals surface area contributed by atoms with Crippen LogP contribution >= 0.6 is 0 Å². The van der Waals surface area contributed by atoms with Gasteiger partial charge in [-0.3, -0.25) is 5.10 Å². The molecule has 10 nitrogen and oxygen atoms in total. The Morgan fingerprint density at radius 1 is 1.35 bits per heavy atom. The van der Waals surface area contributed by atoms with Gasteiger partial charge < -0.3 is 20.1 Å². The van der Waals surface area contributed by atoms with Gasteiger partial charge in [0.05, 0.1) is 12.3 Å². The summed E-state index contributed by atoms with van der Waals surface area (Å²) >= 11 is 0. The van der Waals surface area contributed by atoms with Crippen LogP contribution in [-0.4, -0.2) is 49.6 Å². The Morgan fingerprint density at radius 2 is 2.23 bits per heavy atom. The molecule has 31 heavy (non-hydrogen) atoms. The molecule has 2 unspecified atom stereocenters. The van der Waals surface area contributed by atoms with Gasteiger partial charge in [0.1, 0.15) is 11.6 Å². The summed E-state index contributed by atoms with van der Waals surface area (Å²) in [6.07, 6.45) is 5.65. The van der Waals surface area contributed by atoms with Crippen molar-refractivity contribution in [3.63, 3.8) is 0 Å². The third-order valence-electron chi connectivity index (χ3n) is 5.24. The van der Waals surface area contributed by atoms with Gasteiger partial charge in [-0.2, -0.15) is 10.2 Å². The second kappa shape index (κ2) is 9.34. The fourth-order valence-electron chi connectivity index (χ4n) is 3.83. The molecule has 0 aliphatic heterocycles. The van der Waals surface area contributed by atoms with Gasteiger partial charge in [-0.25, -0.2) is 14.3 Å². The van der Waals surface area contributed by atoms with Gasteiger partial charge in [-0.1, -0.05) is 0 Å². The van der Waals surface area contributed by atoms with Crippen LogP contribution in [0.1, 0.15) is 57.3 Å². The zero-order valence-corrected chi connectivity index (χ0v) is 18.1. The van der Waals surface area contributed by atoms with Gasteiger partial charge in [-0.15, -0.1) is 0 Å². The lowest BCUT2D eigenvalue weighted by Crippen LogP contribution is -2.33. The number of carbonyl (C=O) groups is 1. The van der Waals surface area contributed by atoms with E-state index in [-0.39, 0.29) is 24.2 Å². The van der Waals surface area contributed by atoms with Crippen LogP contribution in [0.5, 0.6) is 0 Å². The van der Waals surface area contributed by atoms with Gasteiger partial charge in [0.25, 0.3) is 0 Å². The topological polar surface area (TPSA) is 118 Å². The lowest BCUT2D eigenvalue weighted by molar-refractivity contribution is 0.0981. The number of amides is 1. The molecule has 3 aromatic heterocycles. The van der Waals surface area contributed by atoms with E-state index in [2.05, 4.69) is 30.9 Å². The summed E-state index contributed by atoms with van der Waals surface area (Å²) in [6.45, 7) is 6.89. The molecule has 3 heterocycles. The van der Waals surface area contributed by atoms with E-state index >= 15 is 0 Å². The van der Waals surface area contributed by atoms with E-state index in [0.29, 0.717) is 24.8 Å². The largest absolute Gasteiger partial charge is 0.446 e. The van der Waals surface area contributed by atoms with Gasteiger partial charge in [-0.05, 0) is 46.1 Å². The van der Waals surface area contributed by atoms with Crippen molar-refractivity contribution in [2.75, 3.05) is 11.9 Å². The molecular formula is C21H29N7O3. The number of ether oxygens (including phenoxy) is 2. The Labute approximate surface area is 180 Å². The number of nitrogens with zero attached hydrogens (tertiary/aromatic N) is 4. The van der Waals surface area contributed by atoms with Crippen molar-refractivity contribution in [1.29, 1.82) is 0 Å². The maximum Gasteiger partial charge on any atom is 0.407 e. The monoisotopic (exact) mass is 427 g/mol. The molecule has 0 spiro atoms. The van der Waals surface area contributed by atoms with E-state index in [4.69, 9.17) is 9.47 Å². The minimum absolute atomic E-state index is 0.0649. The van der Waals surface area contributed by atoms with Crippen LogP contribution in [0.4, 0.5) is 16.4 Å². The van der Waals surface area contributed by atoms with E-state index in [1.807, 2.05) is 32.9 Å². The molecule has 0 saturated heterocycles. The fourth-order valence-corrected chi connectivity index (χ4v) is 3.83. The molecule has 0 aromatic carbocycles. The van der Waals surface area contributed by atoms with Gasteiger partial charge in [0.2, 0.25) is 0 Å². The number of hydrogen-bond acceptors (Lipinski definition) is 7. The summed E-state index contributed by atoms with van der Waals surface area (Å²) < 4.78 is 12.8. The smallest absolute Gasteiger partial charge is 0.407 e. The zero-order valence-electron chi connectivity index (χ0n) is 18.1. The van der Waals surface area contributed by atoms with Crippen LogP contribution in [0.25, 0.3) is 5.52 Å². The van der Waals surface area contributed by atoms with E-state index in [1.54, 1.807) is 16.9 Å². The molecule has 4 rings (SSSR count). The molecule has 1 aliphatic carbocycles. The van der Waals surface area contributed by atoms with Gasteiger partial charge in [0.15, 0.2) is 11.6 Å². The number of aromatic nitrogens is 5. The number of nitrogens with one attached hydrogen (secondary N) is 3. The molecule has 1 aliphatic rings. The summed E-state index contributed by atoms with van der Waals surface area (Å²) in [4.78, 5) is 16.3. The Morgan fingerprint density at radius 3 is 3.03 bits per heavy atom. The third kappa shape index (κ3) is 5.13. The summed E-state index contributed by atoms with van der Waals surface area (Å²) in [5, 5.41) is 18.1. The van der Waals surface area contributed by atoms with Crippen molar-refractivity contribution in [1.82, 2.24) is 30.1 Å². The lowest BCUT2D eigenvalue weighted by atomic mass is 10.0. The molecule has 1 saturated carbocycles. The minimum Gasteiger partial charge on any atom is -0.446 e. The molecular weight excluding hydrogens is 398 g/mol. The minimum atomic E-state index is -0.351. The first-order chi connectivity index (χ1) is 15.0. The number of carbonyl (C=O) groups excluding carboxylic acids is 1. The van der Waals surface area contributed by atoms with Crippen LogP contribution in [0.15, 0.2) is 24.5 Å². The number of aromatic amines is 1. The van der Waals surface area contributed by atoms with Crippen LogP contribution in [0.3, 0.4) is 0 Å². The number of rotatable bonds is 8. The van der Waals surface area contributed by atoms with Gasteiger partial charge >= 0.3 is 6.09 Å². The van der Waals surface area contributed by atoms with Crippen molar-refractivity contribution >= 4 is 23.2 Å². The molecule has 10 heteroatoms. The van der Waals surface area contributed by atoms with Crippen LogP contribution in [-0.2, 0) is 16.1 Å². The van der Waals surface area contributed by atoms with E-state index < -0.39 is 0 Å². The average molecular weight is 428 g/mol. The highest BCUT2D eigenvalue weighted by Gasteiger charge is 2.30. The number of fused-ring (bicyclic) bond motifs is 1. The Balaban J connectivity index is 1.40. The van der Waals surface area contributed by atoms with Crippen molar-refractivity contribution < 1.29 is 14.3 Å². The first kappa shape index (κ1) is 21.1. The maximum absolute atomic E-state index is 11.8. The molecule has 3 N–H and O–H groups in total. The van der Waals surface area contributed by atoms with Crippen molar-refractivity contribution in [3.05, 3.63) is 35.9 Å². The van der Waals surface area contributed by atoms with Crippen LogP contribution in [0, 0.1) is 0 Å². The predicted octanol–water partition coefficient (Wildman–Crippen LogP) is 3.50. The highest BCUT2D eigenvalue weighted by atomic mass is 16.6. The standard InChI is InChI=1S/C21H29N7O3/c1-4-30-12-15-10-18-20(22-7-8-28(18)27-15)24-19-11-17(25-26-19)14-5-6-16(9-14)31-21(29)23-13(2)3/h7-8,10-11,13-14,16H,4-6,9,12H2,1-3H3,(H,23,29)(H2,22,24,25,26). The fraction of sp³-hybridized carbons (Fsp3) is 0.524. The number of alkyl carbamates (subject to hydrolysis) is 1. The summed E-state index contributed by atoms with van der Waals surface area (Å²) in [5.41, 5.74) is 2.72. The Kier molecular flexibility index (Phi) is 6.36. The van der Waals surface area contributed by atoms with Crippen LogP contribution in [0.2, 0.25) is 0 Å². The number of H-pyrrole nitrogens is 1. The van der Waals surface area contributed by atoms with Crippen LogP contribution < -0.4 is 10.6 Å². The predicted molar refractivity (Wildman–Crippen MR) is 115 cm³/mol. The molecule has 1 fully saturated rings. The quantitative estimate of drug-likeness (QED) is 0.503. The van der Waals surface area contributed by atoms with Crippen molar-refractivity contribution in [2.24, 2.45) is 0 Å². The summed E-state index contributed by atoms with van der Waals surface area (Å²) in [7, 11) is 0. The lowest BCUT2D eigenvalue weighted by Gasteiger charge is -2.14. The number of anilines is 2. The van der Waals surface area contributed by atoms with E-state index in [0.717, 1.165) is 36.2 Å². The third-order valence-corrected chi connectivity index (χ3v) is 5.24. The molecule has 3 aromatic rings. The second-order valence-electron chi connectivity index (χ2n) is 8.05. The first-order valence-corrected chi connectivity index (χ1v) is 10.7. The molecule has 166 valence electrons. The highest BCUT2D eigenvalue weighted by molar-refractivity contribution is 5.72. The Hall–Kier alpha value is -3.14. The first-order valence-electron chi connectivity index (χ1n) is 10.7. The molecule has 0 radical (unpaired) electrons. The Bertz CT molecular complexity index is 1030. The van der Waals surface area contributed by atoms with E-state index in [9.17, 15) is 4.79 Å². The van der Waals surface area contributed by atoms with E-state index in [1.165, 1.54) is 0 Å². The molecule has 1 amide bonds. The van der Waals surface area contributed by atoms with Crippen molar-refractivity contribution in [3.8, 4) is 0 Å². The number of hydrogen-bond donors (Lipinski definition) is 3. The average Bonchev–Trinajstić information content (AvgIpc) is 3.45. The normalized spacial score (nSPS) is 18.6. The molecule has 2 atom stereocenters. The zero-order chi connectivity index (χ0) is 21.8. The highest BCUT2D eigenvalue weighted by Crippen LogP contribution is 2.36. The second-order valence-corrected chi connectivity index (χ2v) is 8.05.